The zero-order valence-electron chi connectivity index (χ0n) is 17.6. The minimum Gasteiger partial charge on any atom is -0.193 e. The molecule has 0 amide bonds. The van der Waals surface area contributed by atoms with E-state index >= 15 is 0 Å². The first-order valence-corrected chi connectivity index (χ1v) is 11.4. The number of hydrogen-bond acceptors (Lipinski definition) is 1. The molecule has 3 rings (SSSR count). The summed E-state index contributed by atoms with van der Waals surface area (Å²) >= 11 is 0. The Balaban J connectivity index is 1.38. The van der Waals surface area contributed by atoms with Crippen LogP contribution in [0.1, 0.15) is 81.3 Å². The van der Waals surface area contributed by atoms with Crippen LogP contribution in [0.3, 0.4) is 0 Å². The van der Waals surface area contributed by atoms with Crippen LogP contribution in [0.4, 0.5) is 13.2 Å². The normalized spacial score (nSPS) is 28.1. The highest BCUT2D eigenvalue weighted by Crippen LogP contribution is 2.44. The second-order valence-electron chi connectivity index (χ2n) is 9.01. The Hall–Kier alpha value is -2.02. The van der Waals surface area contributed by atoms with Gasteiger partial charge in [-0.3, -0.25) is 0 Å². The van der Waals surface area contributed by atoms with Crippen LogP contribution in [0.25, 0.3) is 0 Å². The van der Waals surface area contributed by atoms with Crippen molar-refractivity contribution in [3.05, 3.63) is 59.7 Å². The van der Waals surface area contributed by atoms with Gasteiger partial charge in [-0.2, -0.15) is 18.4 Å². The smallest absolute Gasteiger partial charge is 0.193 e. The zero-order valence-corrected chi connectivity index (χ0v) is 17.6. The van der Waals surface area contributed by atoms with Crippen molar-refractivity contribution in [3.8, 4) is 6.07 Å². The van der Waals surface area contributed by atoms with Crippen LogP contribution in [0.15, 0.2) is 48.6 Å². The zero-order chi connectivity index (χ0) is 21.4. The van der Waals surface area contributed by atoms with E-state index in [1.807, 2.05) is 12.1 Å². The third kappa shape index (κ3) is 6.49. The highest BCUT2D eigenvalue weighted by atomic mass is 19.4. The fourth-order valence-electron chi connectivity index (χ4n) is 5.42. The molecule has 4 heteroatoms. The van der Waals surface area contributed by atoms with Crippen LogP contribution in [0, 0.1) is 29.1 Å². The van der Waals surface area contributed by atoms with E-state index < -0.39 is 11.7 Å². The fourth-order valence-corrected chi connectivity index (χ4v) is 5.42. The van der Waals surface area contributed by atoms with E-state index in [9.17, 15) is 13.2 Å². The average Bonchev–Trinajstić information content (AvgIpc) is 2.76. The summed E-state index contributed by atoms with van der Waals surface area (Å²) in [6.45, 7) is 0. The third-order valence-electron chi connectivity index (χ3n) is 7.20. The molecular weight excluding hydrogens is 383 g/mol. The summed E-state index contributed by atoms with van der Waals surface area (Å²) in [5.41, 5.74) is 0.522. The van der Waals surface area contributed by atoms with E-state index in [1.165, 1.54) is 63.2 Å². The van der Waals surface area contributed by atoms with Gasteiger partial charge in [0, 0.05) is 6.08 Å². The van der Waals surface area contributed by atoms with Gasteiger partial charge in [0.05, 0.1) is 11.6 Å². The molecule has 0 atom stereocenters. The van der Waals surface area contributed by atoms with Crippen molar-refractivity contribution >= 4 is 0 Å². The van der Waals surface area contributed by atoms with Gasteiger partial charge in [-0.25, -0.2) is 0 Å². The third-order valence-corrected chi connectivity index (χ3v) is 7.20. The van der Waals surface area contributed by atoms with Crippen LogP contribution in [-0.2, 0) is 6.18 Å². The number of halogens is 3. The van der Waals surface area contributed by atoms with Crippen LogP contribution in [0.5, 0.6) is 0 Å². The molecule has 0 bridgehead atoms. The second kappa shape index (κ2) is 10.8. The molecule has 0 saturated heterocycles. The number of benzene rings is 1. The summed E-state index contributed by atoms with van der Waals surface area (Å²) in [4.78, 5) is 0. The standard InChI is InChI=1S/C26H32F3N/c27-26(28,29)25-17-15-24(16-18-25)23-13-11-22(12-14-23)21-9-7-20(8-10-21)6-4-2-1-3-5-19-30/h1-3,5,15-18,20-23H,4,6-14H2/b2-1+,5-3+. The minimum absolute atomic E-state index is 0.418. The Morgan fingerprint density at radius 2 is 1.47 bits per heavy atom. The maximum absolute atomic E-state index is 12.8. The molecule has 1 nitrogen and oxygen atoms in total. The average molecular weight is 416 g/mol. The molecule has 2 saturated carbocycles. The van der Waals surface area contributed by atoms with Gasteiger partial charge >= 0.3 is 6.18 Å². The van der Waals surface area contributed by atoms with Crippen molar-refractivity contribution in [2.75, 3.05) is 0 Å². The largest absolute Gasteiger partial charge is 0.416 e. The number of alkyl halides is 3. The first-order chi connectivity index (χ1) is 14.5. The van der Waals surface area contributed by atoms with Crippen LogP contribution in [0.2, 0.25) is 0 Å². The van der Waals surface area contributed by atoms with Gasteiger partial charge in [-0.15, -0.1) is 0 Å². The summed E-state index contributed by atoms with van der Waals surface area (Å²) in [6, 6.07) is 7.83. The number of hydrogen-bond donors (Lipinski definition) is 0. The number of nitriles is 1. The molecule has 0 spiro atoms. The van der Waals surface area contributed by atoms with Crippen LogP contribution >= 0.6 is 0 Å². The Morgan fingerprint density at radius 1 is 0.867 bits per heavy atom. The van der Waals surface area contributed by atoms with Gasteiger partial charge in [0.15, 0.2) is 0 Å². The summed E-state index contributed by atoms with van der Waals surface area (Å²) in [5, 5.41) is 8.46. The summed E-state index contributed by atoms with van der Waals surface area (Å²) in [6.07, 6.45) is 15.4. The maximum Gasteiger partial charge on any atom is 0.416 e. The Bertz CT molecular complexity index is 738. The summed E-state index contributed by atoms with van der Waals surface area (Å²) in [5.74, 6) is 2.88. The van der Waals surface area contributed by atoms with Gasteiger partial charge < -0.3 is 0 Å². The van der Waals surface area contributed by atoms with E-state index in [0.29, 0.717) is 5.92 Å². The molecule has 2 fully saturated rings. The van der Waals surface area contributed by atoms with Crippen molar-refractivity contribution in [3.63, 3.8) is 0 Å². The fraction of sp³-hybridized carbons (Fsp3) is 0.577. The Morgan fingerprint density at radius 3 is 2.03 bits per heavy atom. The van der Waals surface area contributed by atoms with E-state index in [2.05, 4.69) is 6.08 Å². The number of rotatable bonds is 6. The molecule has 0 radical (unpaired) electrons. The Kier molecular flexibility index (Phi) is 8.19. The second-order valence-corrected chi connectivity index (χ2v) is 9.01. The van der Waals surface area contributed by atoms with E-state index in [-0.39, 0.29) is 0 Å². The molecule has 0 aliphatic heterocycles. The summed E-state index contributed by atoms with van der Waals surface area (Å²) < 4.78 is 38.3. The number of nitrogens with zero attached hydrogens (tertiary/aromatic N) is 1. The van der Waals surface area contributed by atoms with Crippen molar-refractivity contribution in [2.45, 2.75) is 76.3 Å². The quantitative estimate of drug-likeness (QED) is 0.339. The van der Waals surface area contributed by atoms with Gasteiger partial charge in [-0.05, 0) is 92.7 Å². The summed E-state index contributed by atoms with van der Waals surface area (Å²) in [7, 11) is 0. The van der Waals surface area contributed by atoms with E-state index in [1.54, 1.807) is 18.2 Å². The predicted octanol–water partition coefficient (Wildman–Crippen LogP) is 8.20. The first-order valence-electron chi connectivity index (χ1n) is 11.4. The van der Waals surface area contributed by atoms with E-state index in [4.69, 9.17) is 5.26 Å². The lowest BCUT2D eigenvalue weighted by molar-refractivity contribution is -0.137. The molecule has 30 heavy (non-hydrogen) atoms. The van der Waals surface area contributed by atoms with E-state index in [0.717, 1.165) is 42.6 Å². The topological polar surface area (TPSA) is 23.8 Å². The SMILES string of the molecule is N#C/C=C/C=C/CCC1CCC(C2CCC(c3ccc(C(F)(F)F)cc3)CC2)CC1. The lowest BCUT2D eigenvalue weighted by atomic mass is 9.68. The molecule has 2 aliphatic rings. The molecule has 0 unspecified atom stereocenters. The maximum atomic E-state index is 12.8. The van der Waals surface area contributed by atoms with Gasteiger partial charge in [0.2, 0.25) is 0 Å². The predicted molar refractivity (Wildman–Crippen MR) is 115 cm³/mol. The monoisotopic (exact) mass is 415 g/mol. The van der Waals surface area contributed by atoms with Crippen LogP contribution in [-0.4, -0.2) is 0 Å². The molecule has 1 aromatic carbocycles. The molecule has 0 N–H and O–H groups in total. The minimum atomic E-state index is -4.25. The van der Waals surface area contributed by atoms with Gasteiger partial charge in [-0.1, -0.05) is 43.2 Å². The molecule has 0 heterocycles. The molecule has 2 aliphatic carbocycles. The molecular formula is C26H32F3N. The lowest BCUT2D eigenvalue weighted by Gasteiger charge is -2.38. The van der Waals surface area contributed by atoms with Crippen molar-refractivity contribution < 1.29 is 13.2 Å². The lowest BCUT2D eigenvalue weighted by Crippen LogP contribution is -2.25. The highest BCUT2D eigenvalue weighted by molar-refractivity contribution is 5.27. The first kappa shape index (κ1) is 22.7. The van der Waals surface area contributed by atoms with Gasteiger partial charge in [0.25, 0.3) is 0 Å². The molecule has 0 aromatic heterocycles. The number of allylic oxidation sites excluding steroid dienone is 4. The molecule has 1 aromatic rings. The van der Waals surface area contributed by atoms with Gasteiger partial charge in [0.1, 0.15) is 0 Å². The van der Waals surface area contributed by atoms with Crippen molar-refractivity contribution in [1.82, 2.24) is 0 Å². The van der Waals surface area contributed by atoms with Crippen LogP contribution < -0.4 is 0 Å². The Labute approximate surface area is 178 Å². The van der Waals surface area contributed by atoms with Crippen molar-refractivity contribution in [2.24, 2.45) is 17.8 Å². The molecule has 162 valence electrons. The highest BCUT2D eigenvalue weighted by Gasteiger charge is 2.32. The van der Waals surface area contributed by atoms with Crippen molar-refractivity contribution in [1.29, 1.82) is 5.26 Å².